The summed E-state index contributed by atoms with van der Waals surface area (Å²) in [5, 5.41) is 17.5. The highest BCUT2D eigenvalue weighted by molar-refractivity contribution is 5.72. The Labute approximate surface area is 72.2 Å². The van der Waals surface area contributed by atoms with Crippen LogP contribution in [-0.2, 0) is 9.53 Å². The fourth-order valence-electron chi connectivity index (χ4n) is 0.823. The van der Waals surface area contributed by atoms with Gasteiger partial charge in [-0.2, -0.15) is 0 Å². The molecule has 4 heteroatoms. The Morgan fingerprint density at radius 2 is 1.83 bits per heavy atom. The second kappa shape index (κ2) is 3.87. The zero-order valence-electron chi connectivity index (χ0n) is 7.87. The molecule has 0 bridgehead atoms. The summed E-state index contributed by atoms with van der Waals surface area (Å²) < 4.78 is 5.23. The van der Waals surface area contributed by atoms with Crippen molar-refractivity contribution in [2.24, 2.45) is 0 Å². The maximum atomic E-state index is 10.3. The summed E-state index contributed by atoms with van der Waals surface area (Å²) in [7, 11) is 0. The van der Waals surface area contributed by atoms with E-state index in [1.807, 2.05) is 0 Å². The Morgan fingerprint density at radius 1 is 1.42 bits per heavy atom. The lowest BCUT2D eigenvalue weighted by molar-refractivity contribution is -0.161. The van der Waals surface area contributed by atoms with E-state index in [1.165, 1.54) is 6.92 Å². The van der Waals surface area contributed by atoms with Crippen LogP contribution in [0.1, 0.15) is 27.7 Å². The Kier molecular flexibility index (Phi) is 3.67. The van der Waals surface area contributed by atoms with E-state index in [0.29, 0.717) is 0 Å². The highest BCUT2D eigenvalue weighted by Gasteiger charge is 2.26. The number of hydrogen-bond acceptors (Lipinski definition) is 3. The van der Waals surface area contributed by atoms with Gasteiger partial charge in [-0.3, -0.25) is 0 Å². The molecule has 0 aliphatic carbocycles. The summed E-state index contributed by atoms with van der Waals surface area (Å²) >= 11 is 0. The van der Waals surface area contributed by atoms with Crippen LogP contribution < -0.4 is 0 Å². The normalized spacial score (nSPS) is 17.1. The van der Waals surface area contributed by atoms with Crippen LogP contribution in [0.5, 0.6) is 0 Å². The third-order valence-electron chi connectivity index (χ3n) is 1.24. The molecule has 0 aromatic heterocycles. The van der Waals surface area contributed by atoms with E-state index >= 15 is 0 Å². The van der Waals surface area contributed by atoms with Gasteiger partial charge in [0.15, 0.2) is 6.10 Å². The number of carbonyl (C=O) groups is 1. The van der Waals surface area contributed by atoms with Gasteiger partial charge >= 0.3 is 5.97 Å². The molecule has 0 aliphatic rings. The molecule has 2 atom stereocenters. The molecular formula is C8H16O4. The van der Waals surface area contributed by atoms with Crippen molar-refractivity contribution in [2.45, 2.75) is 45.5 Å². The van der Waals surface area contributed by atoms with Crippen LogP contribution in [0.15, 0.2) is 0 Å². The summed E-state index contributed by atoms with van der Waals surface area (Å²) in [5.41, 5.74) is -0.435. The van der Waals surface area contributed by atoms with E-state index in [2.05, 4.69) is 0 Å². The minimum absolute atomic E-state index is 0.435. The Hall–Kier alpha value is -0.610. The standard InChI is InChI=1S/C8H16O4/c1-5(6(9)7(10)11)12-8(2,3)4/h5-6,9H,1-4H3,(H,10,11). The Bertz CT molecular complexity index is 159. The second-order valence-electron chi connectivity index (χ2n) is 3.72. The van der Waals surface area contributed by atoms with Crippen LogP contribution in [0, 0.1) is 0 Å². The fourth-order valence-corrected chi connectivity index (χ4v) is 0.823. The van der Waals surface area contributed by atoms with Crippen molar-refractivity contribution in [3.63, 3.8) is 0 Å². The second-order valence-corrected chi connectivity index (χ2v) is 3.72. The molecule has 0 aromatic rings. The van der Waals surface area contributed by atoms with Gasteiger partial charge in [0.25, 0.3) is 0 Å². The minimum Gasteiger partial charge on any atom is -0.479 e. The van der Waals surface area contributed by atoms with Gasteiger partial charge in [-0.05, 0) is 27.7 Å². The molecule has 0 aromatic carbocycles. The first kappa shape index (κ1) is 11.4. The Morgan fingerprint density at radius 3 is 2.08 bits per heavy atom. The summed E-state index contributed by atoms with van der Waals surface area (Å²) in [6.07, 6.45) is -2.15. The maximum absolute atomic E-state index is 10.3. The van der Waals surface area contributed by atoms with Crippen molar-refractivity contribution in [3.8, 4) is 0 Å². The zero-order valence-corrected chi connectivity index (χ0v) is 7.87. The minimum atomic E-state index is -1.45. The van der Waals surface area contributed by atoms with Gasteiger partial charge in [0.2, 0.25) is 0 Å². The van der Waals surface area contributed by atoms with Crippen LogP contribution >= 0.6 is 0 Å². The molecule has 0 saturated carbocycles. The molecule has 72 valence electrons. The number of hydrogen-bond donors (Lipinski definition) is 2. The van der Waals surface area contributed by atoms with Gasteiger partial charge in [0.1, 0.15) is 0 Å². The molecular weight excluding hydrogens is 160 g/mol. The predicted octanol–water partition coefficient (Wildman–Crippen LogP) is 0.635. The van der Waals surface area contributed by atoms with Crippen molar-refractivity contribution in [1.29, 1.82) is 0 Å². The summed E-state index contributed by atoms with van der Waals surface area (Å²) in [4.78, 5) is 10.3. The monoisotopic (exact) mass is 176 g/mol. The molecule has 0 saturated heterocycles. The first-order chi connectivity index (χ1) is 5.24. The van der Waals surface area contributed by atoms with Crippen molar-refractivity contribution in [1.82, 2.24) is 0 Å². The largest absolute Gasteiger partial charge is 0.479 e. The third-order valence-corrected chi connectivity index (χ3v) is 1.24. The molecule has 2 N–H and O–H groups in total. The molecule has 0 aliphatic heterocycles. The lowest BCUT2D eigenvalue weighted by atomic mass is 10.1. The molecule has 4 nitrogen and oxygen atoms in total. The van der Waals surface area contributed by atoms with Gasteiger partial charge < -0.3 is 14.9 Å². The van der Waals surface area contributed by atoms with Crippen molar-refractivity contribution in [2.75, 3.05) is 0 Å². The molecule has 0 fully saturated rings. The fraction of sp³-hybridized carbons (Fsp3) is 0.875. The van der Waals surface area contributed by atoms with Crippen molar-refractivity contribution < 1.29 is 19.7 Å². The number of aliphatic hydroxyl groups excluding tert-OH is 1. The van der Waals surface area contributed by atoms with E-state index in [-0.39, 0.29) is 0 Å². The highest BCUT2D eigenvalue weighted by atomic mass is 16.5. The first-order valence-corrected chi connectivity index (χ1v) is 3.83. The van der Waals surface area contributed by atoms with Crippen LogP contribution in [0.2, 0.25) is 0 Å². The van der Waals surface area contributed by atoms with E-state index in [1.54, 1.807) is 20.8 Å². The maximum Gasteiger partial charge on any atom is 0.335 e. The van der Waals surface area contributed by atoms with Crippen LogP contribution in [0.25, 0.3) is 0 Å². The number of aliphatic hydroxyl groups is 1. The first-order valence-electron chi connectivity index (χ1n) is 3.83. The van der Waals surface area contributed by atoms with Crippen molar-refractivity contribution in [3.05, 3.63) is 0 Å². The van der Waals surface area contributed by atoms with Gasteiger partial charge in [0.05, 0.1) is 11.7 Å². The number of carboxylic acids is 1. The van der Waals surface area contributed by atoms with Gasteiger partial charge in [-0.1, -0.05) is 0 Å². The highest BCUT2D eigenvalue weighted by Crippen LogP contribution is 2.12. The average Bonchev–Trinajstić information content (AvgIpc) is 1.82. The number of ether oxygens (including phenoxy) is 1. The molecule has 12 heavy (non-hydrogen) atoms. The number of aliphatic carboxylic acids is 1. The summed E-state index contributed by atoms with van der Waals surface area (Å²) in [5.74, 6) is -1.26. The summed E-state index contributed by atoms with van der Waals surface area (Å²) in [6.45, 7) is 6.94. The van der Waals surface area contributed by atoms with Crippen molar-refractivity contribution >= 4 is 5.97 Å². The van der Waals surface area contributed by atoms with E-state index in [4.69, 9.17) is 14.9 Å². The van der Waals surface area contributed by atoms with Crippen LogP contribution in [0.4, 0.5) is 0 Å². The van der Waals surface area contributed by atoms with Gasteiger partial charge in [0, 0.05) is 0 Å². The smallest absolute Gasteiger partial charge is 0.335 e. The zero-order chi connectivity index (χ0) is 9.94. The molecule has 0 spiro atoms. The third kappa shape index (κ3) is 4.31. The molecule has 0 heterocycles. The summed E-state index contributed by atoms with van der Waals surface area (Å²) in [6, 6.07) is 0. The number of rotatable bonds is 3. The van der Waals surface area contributed by atoms with E-state index in [9.17, 15) is 4.79 Å². The SMILES string of the molecule is CC(OC(C)(C)C)C(O)C(=O)O. The molecule has 0 radical (unpaired) electrons. The molecule has 0 amide bonds. The van der Waals surface area contributed by atoms with Gasteiger partial charge in [-0.25, -0.2) is 4.79 Å². The lowest BCUT2D eigenvalue weighted by Crippen LogP contribution is -2.38. The Balaban J connectivity index is 4.04. The van der Waals surface area contributed by atoms with Crippen LogP contribution in [0.3, 0.4) is 0 Å². The quantitative estimate of drug-likeness (QED) is 0.662. The lowest BCUT2D eigenvalue weighted by Gasteiger charge is -2.26. The topological polar surface area (TPSA) is 66.8 Å². The predicted molar refractivity (Wildman–Crippen MR) is 43.9 cm³/mol. The van der Waals surface area contributed by atoms with Gasteiger partial charge in [-0.15, -0.1) is 0 Å². The molecule has 0 rings (SSSR count). The number of carboxylic acid groups (broad SMARTS) is 1. The molecule has 2 unspecified atom stereocenters. The van der Waals surface area contributed by atoms with Crippen LogP contribution in [-0.4, -0.2) is 34.0 Å². The van der Waals surface area contributed by atoms with E-state index in [0.717, 1.165) is 0 Å². The average molecular weight is 176 g/mol. The van der Waals surface area contributed by atoms with E-state index < -0.39 is 23.8 Å².